The van der Waals surface area contributed by atoms with Crippen molar-refractivity contribution in [3.05, 3.63) is 60.3 Å². The van der Waals surface area contributed by atoms with Gasteiger partial charge in [-0.05, 0) is 55.0 Å². The third-order valence-corrected chi connectivity index (χ3v) is 4.64. The molecule has 0 atom stereocenters. The highest BCUT2D eigenvalue weighted by Gasteiger charge is 2.30. The minimum Gasteiger partial charge on any atom is -0.457 e. The molecular formula is C22H20F3N5O2. The van der Waals surface area contributed by atoms with Crippen LogP contribution in [0.4, 0.5) is 18.9 Å². The molecule has 2 aromatic heterocycles. The van der Waals surface area contributed by atoms with Crippen molar-refractivity contribution in [3.63, 3.8) is 0 Å². The van der Waals surface area contributed by atoms with Crippen LogP contribution in [-0.4, -0.2) is 26.9 Å². The Bertz CT molecular complexity index is 1150. The van der Waals surface area contributed by atoms with Gasteiger partial charge in [0.1, 0.15) is 11.5 Å². The fourth-order valence-corrected chi connectivity index (χ4v) is 2.94. The quantitative estimate of drug-likeness (QED) is 0.318. The van der Waals surface area contributed by atoms with E-state index in [0.717, 1.165) is 37.2 Å². The van der Waals surface area contributed by atoms with Crippen molar-refractivity contribution in [2.24, 2.45) is 0 Å². The van der Waals surface area contributed by atoms with E-state index in [0.29, 0.717) is 28.6 Å². The SMILES string of the molecule is CCCCNc1c[nH]nc1-c1nc(-c2ccc(Oc3ccc(C(F)(F)F)cc3)cc2)no1. The molecule has 0 aliphatic carbocycles. The molecule has 4 aromatic rings. The first-order chi connectivity index (χ1) is 15.4. The summed E-state index contributed by atoms with van der Waals surface area (Å²) >= 11 is 0. The highest BCUT2D eigenvalue weighted by atomic mass is 19.4. The second kappa shape index (κ2) is 9.13. The van der Waals surface area contributed by atoms with Crippen LogP contribution in [0.25, 0.3) is 23.0 Å². The van der Waals surface area contributed by atoms with Crippen LogP contribution in [0.5, 0.6) is 11.5 Å². The molecule has 0 fully saturated rings. The number of H-pyrrole nitrogens is 1. The van der Waals surface area contributed by atoms with Gasteiger partial charge < -0.3 is 14.6 Å². The van der Waals surface area contributed by atoms with Crippen molar-refractivity contribution in [2.45, 2.75) is 25.9 Å². The number of hydrogen-bond donors (Lipinski definition) is 2. The lowest BCUT2D eigenvalue weighted by Gasteiger charge is -2.09. The number of rotatable bonds is 8. The van der Waals surface area contributed by atoms with Gasteiger partial charge in [0.15, 0.2) is 5.69 Å². The number of ether oxygens (including phenoxy) is 1. The molecule has 10 heteroatoms. The smallest absolute Gasteiger partial charge is 0.416 e. The number of nitrogens with one attached hydrogen (secondary N) is 2. The van der Waals surface area contributed by atoms with Gasteiger partial charge in [-0.1, -0.05) is 18.5 Å². The number of halogens is 3. The molecule has 166 valence electrons. The number of nitrogens with zero attached hydrogens (tertiary/aromatic N) is 3. The Kier molecular flexibility index (Phi) is 6.11. The normalized spacial score (nSPS) is 11.5. The first kappa shape index (κ1) is 21.4. The number of aromatic nitrogens is 4. The summed E-state index contributed by atoms with van der Waals surface area (Å²) in [5.74, 6) is 1.43. The Morgan fingerprint density at radius 1 is 1.03 bits per heavy atom. The molecule has 2 heterocycles. The molecule has 0 saturated heterocycles. The predicted octanol–water partition coefficient (Wildman–Crippen LogP) is 6.15. The summed E-state index contributed by atoms with van der Waals surface area (Å²) in [4.78, 5) is 4.41. The molecule has 0 aliphatic heterocycles. The Morgan fingerprint density at radius 2 is 1.72 bits per heavy atom. The summed E-state index contributed by atoms with van der Waals surface area (Å²) in [6.07, 6.45) is -0.543. The Morgan fingerprint density at radius 3 is 2.38 bits per heavy atom. The maximum Gasteiger partial charge on any atom is 0.416 e. The number of hydrogen-bond acceptors (Lipinski definition) is 6. The van der Waals surface area contributed by atoms with Gasteiger partial charge in [-0.15, -0.1) is 0 Å². The minimum atomic E-state index is -4.38. The molecule has 0 saturated carbocycles. The third-order valence-electron chi connectivity index (χ3n) is 4.64. The van der Waals surface area contributed by atoms with E-state index in [1.807, 2.05) is 0 Å². The topological polar surface area (TPSA) is 88.9 Å². The first-order valence-electron chi connectivity index (χ1n) is 10.0. The maximum absolute atomic E-state index is 12.7. The predicted molar refractivity (Wildman–Crippen MR) is 112 cm³/mol. The summed E-state index contributed by atoms with van der Waals surface area (Å²) in [7, 11) is 0. The summed E-state index contributed by atoms with van der Waals surface area (Å²) < 4.78 is 49.0. The maximum atomic E-state index is 12.7. The van der Waals surface area contributed by atoms with Gasteiger partial charge in [0.05, 0.1) is 11.3 Å². The van der Waals surface area contributed by atoms with Crippen molar-refractivity contribution < 1.29 is 22.4 Å². The zero-order chi connectivity index (χ0) is 22.6. The monoisotopic (exact) mass is 443 g/mol. The van der Waals surface area contributed by atoms with E-state index in [9.17, 15) is 13.2 Å². The summed E-state index contributed by atoms with van der Waals surface area (Å²) in [6, 6.07) is 11.3. The minimum absolute atomic E-state index is 0.283. The zero-order valence-corrected chi connectivity index (χ0v) is 17.1. The van der Waals surface area contributed by atoms with Crippen LogP contribution in [0.15, 0.2) is 59.3 Å². The summed E-state index contributed by atoms with van der Waals surface area (Å²) in [5.41, 5.74) is 1.29. The lowest BCUT2D eigenvalue weighted by Crippen LogP contribution is -2.03. The van der Waals surface area contributed by atoms with E-state index >= 15 is 0 Å². The van der Waals surface area contributed by atoms with Gasteiger partial charge >= 0.3 is 6.18 Å². The lowest BCUT2D eigenvalue weighted by atomic mass is 10.2. The van der Waals surface area contributed by atoms with E-state index in [-0.39, 0.29) is 5.89 Å². The molecule has 0 bridgehead atoms. The molecule has 2 aromatic carbocycles. The molecular weight excluding hydrogens is 423 g/mol. The van der Waals surface area contributed by atoms with Crippen molar-refractivity contribution in [3.8, 4) is 34.5 Å². The molecule has 0 spiro atoms. The van der Waals surface area contributed by atoms with Crippen molar-refractivity contribution in [2.75, 3.05) is 11.9 Å². The van der Waals surface area contributed by atoms with E-state index in [1.54, 1.807) is 30.5 Å². The van der Waals surface area contributed by atoms with Gasteiger partial charge in [0, 0.05) is 18.3 Å². The summed E-state index contributed by atoms with van der Waals surface area (Å²) in [5, 5.41) is 14.3. The second-order valence-electron chi connectivity index (χ2n) is 7.00. The van der Waals surface area contributed by atoms with Crippen LogP contribution < -0.4 is 10.1 Å². The van der Waals surface area contributed by atoms with Gasteiger partial charge in [-0.2, -0.15) is 23.3 Å². The van der Waals surface area contributed by atoms with Gasteiger partial charge in [-0.3, -0.25) is 5.10 Å². The molecule has 4 rings (SSSR count). The van der Waals surface area contributed by atoms with E-state index in [2.05, 4.69) is 32.6 Å². The van der Waals surface area contributed by atoms with Crippen molar-refractivity contribution >= 4 is 5.69 Å². The lowest BCUT2D eigenvalue weighted by molar-refractivity contribution is -0.137. The highest BCUT2D eigenvalue weighted by Crippen LogP contribution is 2.32. The largest absolute Gasteiger partial charge is 0.457 e. The van der Waals surface area contributed by atoms with E-state index in [4.69, 9.17) is 9.26 Å². The van der Waals surface area contributed by atoms with Crippen LogP contribution >= 0.6 is 0 Å². The molecule has 0 amide bonds. The Labute approximate surface area is 181 Å². The molecule has 32 heavy (non-hydrogen) atoms. The third kappa shape index (κ3) is 4.90. The molecule has 7 nitrogen and oxygen atoms in total. The van der Waals surface area contributed by atoms with E-state index < -0.39 is 11.7 Å². The summed E-state index contributed by atoms with van der Waals surface area (Å²) in [6.45, 7) is 2.92. The van der Waals surface area contributed by atoms with E-state index in [1.165, 1.54) is 12.1 Å². The zero-order valence-electron chi connectivity index (χ0n) is 17.1. The molecule has 0 radical (unpaired) electrons. The molecule has 2 N–H and O–H groups in total. The highest BCUT2D eigenvalue weighted by molar-refractivity contribution is 5.69. The Hall–Kier alpha value is -3.82. The van der Waals surface area contributed by atoms with Crippen LogP contribution in [0.1, 0.15) is 25.3 Å². The van der Waals surface area contributed by atoms with Crippen LogP contribution in [0.3, 0.4) is 0 Å². The van der Waals surface area contributed by atoms with Gasteiger partial charge in [-0.25, -0.2) is 0 Å². The number of anilines is 1. The van der Waals surface area contributed by atoms with Crippen LogP contribution in [0, 0.1) is 0 Å². The number of alkyl halides is 3. The van der Waals surface area contributed by atoms with Crippen LogP contribution in [-0.2, 0) is 6.18 Å². The number of unbranched alkanes of at least 4 members (excludes halogenated alkanes) is 1. The fraction of sp³-hybridized carbons (Fsp3) is 0.227. The fourth-order valence-electron chi connectivity index (χ4n) is 2.94. The number of benzene rings is 2. The van der Waals surface area contributed by atoms with Gasteiger partial charge in [0.2, 0.25) is 5.82 Å². The second-order valence-corrected chi connectivity index (χ2v) is 7.00. The standard InChI is InChI=1S/C22H20F3N5O2/c1-2-3-12-26-18-13-27-29-19(18)21-28-20(30-32-21)14-4-8-16(9-5-14)31-17-10-6-15(7-11-17)22(23,24)25/h4-11,13,26H,2-3,12H2,1H3,(H,27,29). The van der Waals surface area contributed by atoms with Crippen LogP contribution in [0.2, 0.25) is 0 Å². The van der Waals surface area contributed by atoms with Crippen molar-refractivity contribution in [1.29, 1.82) is 0 Å². The van der Waals surface area contributed by atoms with Gasteiger partial charge in [0.25, 0.3) is 5.89 Å². The molecule has 0 unspecified atom stereocenters. The number of aromatic amines is 1. The van der Waals surface area contributed by atoms with Crippen molar-refractivity contribution in [1.82, 2.24) is 20.3 Å². The Balaban J connectivity index is 1.44. The molecule has 0 aliphatic rings. The first-order valence-corrected chi connectivity index (χ1v) is 10.0. The average Bonchev–Trinajstić information content (AvgIpc) is 3.44. The average molecular weight is 443 g/mol.